The van der Waals surface area contributed by atoms with Gasteiger partial charge in [-0.3, -0.25) is 9.63 Å². The van der Waals surface area contributed by atoms with E-state index in [1.807, 2.05) is 0 Å². The summed E-state index contributed by atoms with van der Waals surface area (Å²) >= 11 is 0. The minimum absolute atomic E-state index is 0.341. The molecule has 1 amide bonds. The molecule has 1 rings (SSSR count). The summed E-state index contributed by atoms with van der Waals surface area (Å²) in [5.41, 5.74) is 2.49. The van der Waals surface area contributed by atoms with Crippen molar-refractivity contribution in [3.63, 3.8) is 0 Å². The lowest BCUT2D eigenvalue weighted by atomic mass is 10.2. The summed E-state index contributed by atoms with van der Waals surface area (Å²) < 4.78 is 9.31. The van der Waals surface area contributed by atoms with Crippen LogP contribution in [0.5, 0.6) is 5.75 Å². The number of rotatable bonds is 5. The number of ether oxygens (including phenoxy) is 2. The van der Waals surface area contributed by atoms with Crippen LogP contribution in [-0.2, 0) is 14.4 Å². The molecule has 0 bridgehead atoms. The predicted molar refractivity (Wildman–Crippen MR) is 58.4 cm³/mol. The number of methoxy groups -OCH3 is 2. The average Bonchev–Trinajstić information content (AvgIpc) is 2.38. The van der Waals surface area contributed by atoms with Gasteiger partial charge in [-0.25, -0.2) is 10.3 Å². The molecule has 0 aliphatic heterocycles. The highest BCUT2D eigenvalue weighted by Gasteiger charge is 2.07. The molecule has 0 aliphatic carbocycles. The topological polar surface area (TPSA) is 73.9 Å². The van der Waals surface area contributed by atoms with E-state index in [0.29, 0.717) is 11.3 Å². The largest absolute Gasteiger partial charge is 0.497 e. The van der Waals surface area contributed by atoms with E-state index in [1.54, 1.807) is 24.3 Å². The van der Waals surface area contributed by atoms with Crippen LogP contribution < -0.4 is 10.2 Å². The first kappa shape index (κ1) is 13.0. The second-order valence-electron chi connectivity index (χ2n) is 3.03. The van der Waals surface area contributed by atoms with Crippen LogP contribution in [-0.4, -0.2) is 32.7 Å². The molecule has 1 aromatic carbocycles. The van der Waals surface area contributed by atoms with Crippen LogP contribution in [0.1, 0.15) is 10.4 Å². The minimum atomic E-state index is -0.573. The summed E-state index contributed by atoms with van der Waals surface area (Å²) in [4.78, 5) is 26.9. The Morgan fingerprint density at radius 3 is 2.71 bits per heavy atom. The van der Waals surface area contributed by atoms with Gasteiger partial charge in [0.2, 0.25) is 0 Å². The van der Waals surface area contributed by atoms with Gasteiger partial charge in [-0.2, -0.15) is 0 Å². The quantitative estimate of drug-likeness (QED) is 0.599. The number of hydroxylamine groups is 1. The molecule has 6 heteroatoms. The highest BCUT2D eigenvalue weighted by Crippen LogP contribution is 2.12. The number of benzene rings is 1. The van der Waals surface area contributed by atoms with Gasteiger partial charge in [0.1, 0.15) is 5.75 Å². The van der Waals surface area contributed by atoms with E-state index in [-0.39, 0.29) is 6.61 Å². The van der Waals surface area contributed by atoms with Crippen LogP contribution in [0.25, 0.3) is 0 Å². The van der Waals surface area contributed by atoms with Gasteiger partial charge in [-0.05, 0) is 18.2 Å². The standard InChI is InChI=1S/C11H13NO5/c1-15-9-5-3-4-8(6-9)11(14)12-17-7-10(13)16-2/h3-6H,7H2,1-2H3,(H,12,14). The summed E-state index contributed by atoms with van der Waals surface area (Å²) in [6.45, 7) is -0.341. The number of esters is 1. The van der Waals surface area contributed by atoms with E-state index in [2.05, 4.69) is 15.1 Å². The molecule has 6 nitrogen and oxygen atoms in total. The second-order valence-corrected chi connectivity index (χ2v) is 3.03. The highest BCUT2D eigenvalue weighted by molar-refractivity contribution is 5.93. The molecule has 0 saturated carbocycles. The Morgan fingerprint density at radius 2 is 2.06 bits per heavy atom. The fraction of sp³-hybridized carbons (Fsp3) is 0.273. The number of carbonyl (C=O) groups excluding carboxylic acids is 2. The van der Waals surface area contributed by atoms with Crippen molar-refractivity contribution in [3.05, 3.63) is 29.8 Å². The van der Waals surface area contributed by atoms with Crippen LogP contribution in [0.3, 0.4) is 0 Å². The molecule has 17 heavy (non-hydrogen) atoms. The predicted octanol–water partition coefficient (Wildman–Crippen LogP) is 0.530. The fourth-order valence-electron chi connectivity index (χ4n) is 1.04. The smallest absolute Gasteiger partial charge is 0.334 e. The van der Waals surface area contributed by atoms with E-state index < -0.39 is 11.9 Å². The average molecular weight is 239 g/mol. The van der Waals surface area contributed by atoms with E-state index >= 15 is 0 Å². The van der Waals surface area contributed by atoms with Gasteiger partial charge in [-0.1, -0.05) is 6.07 Å². The zero-order valence-electron chi connectivity index (χ0n) is 9.56. The fourth-order valence-corrected chi connectivity index (χ4v) is 1.04. The monoisotopic (exact) mass is 239 g/mol. The normalized spacial score (nSPS) is 9.53. The van der Waals surface area contributed by atoms with E-state index in [4.69, 9.17) is 4.74 Å². The van der Waals surface area contributed by atoms with Crippen LogP contribution in [0.4, 0.5) is 0 Å². The molecule has 0 fully saturated rings. The molecule has 1 aromatic rings. The van der Waals surface area contributed by atoms with Gasteiger partial charge >= 0.3 is 5.97 Å². The molecule has 92 valence electrons. The lowest BCUT2D eigenvalue weighted by Crippen LogP contribution is -2.27. The van der Waals surface area contributed by atoms with Gasteiger partial charge in [-0.15, -0.1) is 0 Å². The zero-order valence-corrected chi connectivity index (χ0v) is 9.56. The summed E-state index contributed by atoms with van der Waals surface area (Å²) in [5, 5.41) is 0. The van der Waals surface area contributed by atoms with Crippen molar-refractivity contribution >= 4 is 11.9 Å². The van der Waals surface area contributed by atoms with Gasteiger partial charge in [0, 0.05) is 5.56 Å². The van der Waals surface area contributed by atoms with Crippen molar-refractivity contribution in [3.8, 4) is 5.75 Å². The first-order chi connectivity index (χ1) is 8.17. The van der Waals surface area contributed by atoms with Crippen LogP contribution in [0.15, 0.2) is 24.3 Å². The number of nitrogens with one attached hydrogen (secondary N) is 1. The number of amides is 1. The molecular weight excluding hydrogens is 226 g/mol. The third kappa shape index (κ3) is 4.12. The Balaban J connectivity index is 2.49. The highest BCUT2D eigenvalue weighted by atomic mass is 16.7. The van der Waals surface area contributed by atoms with Crippen molar-refractivity contribution in [1.29, 1.82) is 0 Å². The molecule has 1 N–H and O–H groups in total. The van der Waals surface area contributed by atoms with Crippen molar-refractivity contribution in [2.24, 2.45) is 0 Å². The summed E-state index contributed by atoms with van der Waals surface area (Å²) in [6, 6.07) is 6.54. The Hall–Kier alpha value is -2.08. The molecule has 0 radical (unpaired) electrons. The number of hydrogen-bond donors (Lipinski definition) is 1. The number of carbonyl (C=O) groups is 2. The van der Waals surface area contributed by atoms with E-state index in [1.165, 1.54) is 14.2 Å². The van der Waals surface area contributed by atoms with Crippen molar-refractivity contribution in [1.82, 2.24) is 5.48 Å². The maximum absolute atomic E-state index is 11.5. The van der Waals surface area contributed by atoms with Crippen molar-refractivity contribution in [2.45, 2.75) is 0 Å². The van der Waals surface area contributed by atoms with E-state index in [0.717, 1.165) is 0 Å². The van der Waals surface area contributed by atoms with Crippen LogP contribution in [0.2, 0.25) is 0 Å². The van der Waals surface area contributed by atoms with Gasteiger partial charge in [0.05, 0.1) is 14.2 Å². The Bertz CT molecular complexity index is 405. The molecule has 0 heterocycles. The van der Waals surface area contributed by atoms with Crippen molar-refractivity contribution < 1.29 is 23.9 Å². The van der Waals surface area contributed by atoms with E-state index in [9.17, 15) is 9.59 Å². The third-order valence-electron chi connectivity index (χ3n) is 1.91. The summed E-state index contributed by atoms with van der Waals surface area (Å²) in [6.07, 6.45) is 0. The maximum Gasteiger partial charge on any atom is 0.334 e. The SMILES string of the molecule is COC(=O)CONC(=O)c1cccc(OC)c1. The summed E-state index contributed by atoms with van der Waals surface area (Å²) in [5.74, 6) is -0.477. The Labute approximate surface area is 98.4 Å². The first-order valence-electron chi connectivity index (χ1n) is 4.80. The molecule has 0 saturated heterocycles. The molecule has 0 aromatic heterocycles. The molecular formula is C11H13NO5. The first-order valence-corrected chi connectivity index (χ1v) is 4.80. The molecule has 0 unspecified atom stereocenters. The lowest BCUT2D eigenvalue weighted by Gasteiger charge is -2.06. The van der Waals surface area contributed by atoms with Crippen molar-refractivity contribution in [2.75, 3.05) is 20.8 Å². The molecule has 0 aliphatic rings. The number of hydrogen-bond acceptors (Lipinski definition) is 5. The zero-order chi connectivity index (χ0) is 12.7. The lowest BCUT2D eigenvalue weighted by molar-refractivity contribution is -0.147. The van der Waals surface area contributed by atoms with Gasteiger partial charge in [0.25, 0.3) is 5.91 Å². The second kappa shape index (κ2) is 6.49. The van der Waals surface area contributed by atoms with Gasteiger partial charge < -0.3 is 9.47 Å². The van der Waals surface area contributed by atoms with Crippen LogP contribution in [0, 0.1) is 0 Å². The van der Waals surface area contributed by atoms with Crippen LogP contribution >= 0.6 is 0 Å². The maximum atomic E-state index is 11.5. The molecule has 0 spiro atoms. The Kier molecular flexibility index (Phi) is 4.96. The molecule has 0 atom stereocenters. The Morgan fingerprint density at radius 1 is 1.29 bits per heavy atom. The minimum Gasteiger partial charge on any atom is -0.497 e. The third-order valence-corrected chi connectivity index (χ3v) is 1.91. The van der Waals surface area contributed by atoms with Gasteiger partial charge in [0.15, 0.2) is 6.61 Å². The summed E-state index contributed by atoms with van der Waals surface area (Å²) in [7, 11) is 2.74.